The van der Waals surface area contributed by atoms with Gasteiger partial charge < -0.3 is 14.5 Å². The first-order chi connectivity index (χ1) is 13.8. The summed E-state index contributed by atoms with van der Waals surface area (Å²) in [6, 6.07) is 8.31. The number of morpholine rings is 1. The minimum absolute atomic E-state index is 0.205. The van der Waals surface area contributed by atoms with E-state index in [1.807, 2.05) is 16.9 Å². The van der Waals surface area contributed by atoms with Crippen LogP contribution in [-0.2, 0) is 22.7 Å². The number of hydrogen-bond acceptors (Lipinski definition) is 5. The van der Waals surface area contributed by atoms with Gasteiger partial charge in [-0.25, -0.2) is 4.68 Å². The van der Waals surface area contributed by atoms with Gasteiger partial charge in [0.15, 0.2) is 10.6 Å². The van der Waals surface area contributed by atoms with Crippen molar-refractivity contribution < 1.29 is 9.47 Å². The Kier molecular flexibility index (Phi) is 5.02. The molecule has 4 heterocycles. The van der Waals surface area contributed by atoms with Gasteiger partial charge in [-0.3, -0.25) is 9.47 Å². The number of nitrogens with one attached hydrogen (secondary N) is 1. The Morgan fingerprint density at radius 1 is 1.18 bits per heavy atom. The Balaban J connectivity index is 1.55. The summed E-state index contributed by atoms with van der Waals surface area (Å²) in [5.41, 5.74) is 2.19. The molecule has 0 radical (unpaired) electrons. The second-order valence-corrected chi connectivity index (χ2v) is 7.84. The van der Waals surface area contributed by atoms with Crippen LogP contribution in [-0.4, -0.2) is 63.2 Å². The van der Waals surface area contributed by atoms with Gasteiger partial charge in [0.1, 0.15) is 0 Å². The molecule has 3 aromatic rings. The summed E-state index contributed by atoms with van der Waals surface area (Å²) >= 11 is 5.85. The fourth-order valence-electron chi connectivity index (χ4n) is 4.08. The van der Waals surface area contributed by atoms with Gasteiger partial charge >= 0.3 is 0 Å². The molecule has 2 aliphatic rings. The van der Waals surface area contributed by atoms with Gasteiger partial charge in [-0.05, 0) is 31.1 Å². The van der Waals surface area contributed by atoms with Crippen LogP contribution in [0.5, 0.6) is 0 Å². The fraction of sp³-hybridized carbons (Fsp3) is 0.500. The Morgan fingerprint density at radius 3 is 2.86 bits per heavy atom. The molecule has 2 fully saturated rings. The third kappa shape index (κ3) is 3.41. The largest absolute Gasteiger partial charge is 0.379 e. The smallest absolute Gasteiger partial charge is 0.199 e. The lowest BCUT2D eigenvalue weighted by atomic mass is 10.1. The average Bonchev–Trinajstić information content (AvgIpc) is 3.45. The van der Waals surface area contributed by atoms with Crippen LogP contribution in [0, 0.1) is 4.77 Å². The number of H-pyrrole nitrogens is 1. The van der Waals surface area contributed by atoms with Crippen LogP contribution >= 0.6 is 12.2 Å². The van der Waals surface area contributed by atoms with E-state index in [1.165, 1.54) is 0 Å². The highest BCUT2D eigenvalue weighted by atomic mass is 32.1. The fourth-order valence-corrected chi connectivity index (χ4v) is 4.34. The molecule has 148 valence electrons. The summed E-state index contributed by atoms with van der Waals surface area (Å²) in [5, 5.41) is 6.12. The van der Waals surface area contributed by atoms with Crippen LogP contribution in [0.3, 0.4) is 0 Å². The highest BCUT2D eigenvalue weighted by Gasteiger charge is 2.23. The molecule has 28 heavy (non-hydrogen) atoms. The molecule has 7 nitrogen and oxygen atoms in total. The molecule has 1 N–H and O–H groups in total. The van der Waals surface area contributed by atoms with Gasteiger partial charge in [0.25, 0.3) is 0 Å². The zero-order valence-corrected chi connectivity index (χ0v) is 16.7. The second-order valence-electron chi connectivity index (χ2n) is 7.47. The predicted octanol–water partition coefficient (Wildman–Crippen LogP) is 3.03. The van der Waals surface area contributed by atoms with Crippen LogP contribution in [0.1, 0.15) is 12.8 Å². The quantitative estimate of drug-likeness (QED) is 0.669. The maximum atomic E-state index is 5.89. The van der Waals surface area contributed by atoms with E-state index in [4.69, 9.17) is 26.8 Å². The molecule has 5 rings (SSSR count). The van der Waals surface area contributed by atoms with Crippen molar-refractivity contribution in [2.45, 2.75) is 32.2 Å². The molecule has 0 spiro atoms. The molecular weight excluding hydrogens is 374 g/mol. The summed E-state index contributed by atoms with van der Waals surface area (Å²) in [6.45, 7) is 5.61. The predicted molar refractivity (Wildman–Crippen MR) is 110 cm³/mol. The van der Waals surface area contributed by atoms with E-state index in [-0.39, 0.29) is 6.10 Å². The van der Waals surface area contributed by atoms with Gasteiger partial charge in [0.2, 0.25) is 0 Å². The Bertz CT molecular complexity index is 1010. The number of fused-ring (bicyclic) bond motifs is 1. The molecule has 1 atom stereocenters. The standard InChI is InChI=1S/C20H25N5O2S/c28-20-24(13-15-4-3-9-27-15)19(17-12-21-18-6-2-1-5-16(17)18)22-25(20)14-23-7-10-26-11-8-23/h1-2,5-6,12,15,21H,3-4,7-11,13-14H2. The van der Waals surface area contributed by atoms with Crippen molar-refractivity contribution in [3.05, 3.63) is 35.2 Å². The number of nitrogens with zero attached hydrogens (tertiary/aromatic N) is 4. The Morgan fingerprint density at radius 2 is 2.04 bits per heavy atom. The van der Waals surface area contributed by atoms with Crippen molar-refractivity contribution in [2.75, 3.05) is 32.9 Å². The van der Waals surface area contributed by atoms with Crippen LogP contribution in [0.4, 0.5) is 0 Å². The molecule has 1 unspecified atom stereocenters. The van der Waals surface area contributed by atoms with E-state index in [0.717, 1.165) is 79.4 Å². The topological polar surface area (TPSA) is 60.2 Å². The SMILES string of the molecule is S=c1n(CN2CCOCC2)nc(-c2c[nH]c3ccccc23)n1CC1CCCO1. The van der Waals surface area contributed by atoms with E-state index in [0.29, 0.717) is 6.67 Å². The minimum atomic E-state index is 0.205. The number of para-hydroxylation sites is 1. The molecule has 0 aliphatic carbocycles. The third-order valence-corrected chi connectivity index (χ3v) is 6.03. The summed E-state index contributed by atoms with van der Waals surface area (Å²) in [4.78, 5) is 5.70. The van der Waals surface area contributed by atoms with E-state index in [9.17, 15) is 0 Å². The molecular formula is C20H25N5O2S. The van der Waals surface area contributed by atoms with Gasteiger partial charge in [0, 0.05) is 42.4 Å². The minimum Gasteiger partial charge on any atom is -0.379 e. The first-order valence-corrected chi connectivity index (χ1v) is 10.4. The summed E-state index contributed by atoms with van der Waals surface area (Å²) in [6.07, 6.45) is 4.43. The molecule has 0 amide bonds. The highest BCUT2D eigenvalue weighted by Crippen LogP contribution is 2.29. The lowest BCUT2D eigenvalue weighted by molar-refractivity contribution is 0.0209. The number of benzene rings is 1. The van der Waals surface area contributed by atoms with E-state index in [2.05, 4.69) is 32.7 Å². The van der Waals surface area contributed by atoms with Gasteiger partial charge in [-0.15, -0.1) is 0 Å². The zero-order chi connectivity index (χ0) is 18.9. The molecule has 8 heteroatoms. The second kappa shape index (κ2) is 7.79. The van der Waals surface area contributed by atoms with Crippen molar-refractivity contribution in [1.82, 2.24) is 24.2 Å². The van der Waals surface area contributed by atoms with Crippen molar-refractivity contribution >= 4 is 23.1 Å². The summed E-state index contributed by atoms with van der Waals surface area (Å²) < 4.78 is 16.2. The van der Waals surface area contributed by atoms with Crippen molar-refractivity contribution in [2.24, 2.45) is 0 Å². The van der Waals surface area contributed by atoms with Crippen LogP contribution < -0.4 is 0 Å². The summed E-state index contributed by atoms with van der Waals surface area (Å²) in [5.74, 6) is 0.909. The van der Waals surface area contributed by atoms with Crippen LogP contribution in [0.15, 0.2) is 30.5 Å². The number of ether oxygens (including phenoxy) is 2. The Hall–Kier alpha value is -2.00. The van der Waals surface area contributed by atoms with Crippen LogP contribution in [0.25, 0.3) is 22.3 Å². The van der Waals surface area contributed by atoms with Gasteiger partial charge in [-0.1, -0.05) is 18.2 Å². The Labute approximate surface area is 168 Å². The highest BCUT2D eigenvalue weighted by molar-refractivity contribution is 7.71. The molecule has 1 aromatic carbocycles. The number of rotatable bonds is 5. The molecule has 2 aliphatic heterocycles. The third-order valence-electron chi connectivity index (χ3n) is 5.60. The van der Waals surface area contributed by atoms with Crippen molar-refractivity contribution in [3.63, 3.8) is 0 Å². The number of aromatic nitrogens is 4. The number of aromatic amines is 1. The molecule has 2 aromatic heterocycles. The number of hydrogen-bond donors (Lipinski definition) is 1. The summed E-state index contributed by atoms with van der Waals surface area (Å²) in [7, 11) is 0. The maximum absolute atomic E-state index is 5.89. The van der Waals surface area contributed by atoms with Crippen molar-refractivity contribution in [1.29, 1.82) is 0 Å². The van der Waals surface area contributed by atoms with Crippen molar-refractivity contribution in [3.8, 4) is 11.4 Å². The van der Waals surface area contributed by atoms with Gasteiger partial charge in [0.05, 0.1) is 32.5 Å². The van der Waals surface area contributed by atoms with E-state index < -0.39 is 0 Å². The lowest BCUT2D eigenvalue weighted by Crippen LogP contribution is -2.37. The molecule has 0 bridgehead atoms. The lowest BCUT2D eigenvalue weighted by Gasteiger charge is -2.26. The monoisotopic (exact) mass is 399 g/mol. The normalized spacial score (nSPS) is 20.9. The first-order valence-electron chi connectivity index (χ1n) is 9.95. The van der Waals surface area contributed by atoms with E-state index >= 15 is 0 Å². The van der Waals surface area contributed by atoms with E-state index in [1.54, 1.807) is 0 Å². The zero-order valence-electron chi connectivity index (χ0n) is 15.8. The molecule has 2 saturated heterocycles. The maximum Gasteiger partial charge on any atom is 0.199 e. The van der Waals surface area contributed by atoms with Crippen LogP contribution in [0.2, 0.25) is 0 Å². The molecule has 0 saturated carbocycles. The average molecular weight is 400 g/mol. The first kappa shape index (κ1) is 18.1. The van der Waals surface area contributed by atoms with Gasteiger partial charge in [-0.2, -0.15) is 5.10 Å².